The van der Waals surface area contributed by atoms with Crippen molar-refractivity contribution in [2.75, 3.05) is 0 Å². The van der Waals surface area contributed by atoms with Crippen molar-refractivity contribution in [2.45, 2.75) is 6.92 Å². The lowest BCUT2D eigenvalue weighted by Crippen LogP contribution is -1.97. The second-order valence-electron chi connectivity index (χ2n) is 5.05. The summed E-state index contributed by atoms with van der Waals surface area (Å²) in [6, 6.07) is 12.2. The molecular formula is C16H11N3O5. The molecule has 0 bridgehead atoms. The summed E-state index contributed by atoms with van der Waals surface area (Å²) in [6.45, 7) is 1.82. The number of non-ortho nitro benzene ring substituents is 1. The van der Waals surface area contributed by atoms with Gasteiger partial charge in [-0.15, -0.1) is 0 Å². The van der Waals surface area contributed by atoms with E-state index >= 15 is 0 Å². The molecule has 0 unspecified atom stereocenters. The van der Waals surface area contributed by atoms with Gasteiger partial charge in [-0.2, -0.15) is 0 Å². The molecule has 0 saturated carbocycles. The van der Waals surface area contributed by atoms with Gasteiger partial charge in [0.15, 0.2) is 5.75 Å². The molecule has 0 fully saturated rings. The van der Waals surface area contributed by atoms with E-state index in [0.29, 0.717) is 11.3 Å². The number of hydrogen-bond acceptors (Lipinski definition) is 6. The van der Waals surface area contributed by atoms with E-state index in [0.717, 1.165) is 23.2 Å². The van der Waals surface area contributed by atoms with Gasteiger partial charge in [0, 0.05) is 17.1 Å². The second-order valence-corrected chi connectivity index (χ2v) is 5.05. The first-order chi connectivity index (χ1) is 11.5. The van der Waals surface area contributed by atoms with Gasteiger partial charge in [0.25, 0.3) is 5.69 Å². The van der Waals surface area contributed by atoms with Crippen LogP contribution in [0.2, 0.25) is 0 Å². The highest BCUT2D eigenvalue weighted by Gasteiger charge is 2.21. The van der Waals surface area contributed by atoms with Crippen LogP contribution in [0.25, 0.3) is 10.9 Å². The fraction of sp³-hybridized carbons (Fsp3) is 0.0625. The zero-order valence-electron chi connectivity index (χ0n) is 12.5. The summed E-state index contributed by atoms with van der Waals surface area (Å²) in [5.41, 5.74) is 0.483. The molecule has 1 heterocycles. The van der Waals surface area contributed by atoms with Crippen molar-refractivity contribution < 1.29 is 14.6 Å². The Hall–Kier alpha value is -3.55. The Morgan fingerprint density at radius 3 is 2.46 bits per heavy atom. The van der Waals surface area contributed by atoms with Gasteiger partial charge in [0.2, 0.25) is 5.75 Å². The van der Waals surface area contributed by atoms with E-state index in [1.807, 2.05) is 25.1 Å². The maximum absolute atomic E-state index is 11.2. The summed E-state index contributed by atoms with van der Waals surface area (Å²) in [7, 11) is 0. The van der Waals surface area contributed by atoms with Crippen molar-refractivity contribution in [1.29, 1.82) is 0 Å². The van der Waals surface area contributed by atoms with Crippen LogP contribution in [0.5, 0.6) is 11.5 Å². The third-order valence-electron chi connectivity index (χ3n) is 3.39. The number of hydrogen-bond donors (Lipinski definition) is 0. The molecule has 0 aliphatic heterocycles. The smallest absolute Gasteiger partial charge is 0.318 e. The van der Waals surface area contributed by atoms with E-state index in [-0.39, 0.29) is 11.4 Å². The Bertz CT molecular complexity index is 971. The molecule has 8 nitrogen and oxygen atoms in total. The highest BCUT2D eigenvalue weighted by atomic mass is 16.6. The van der Waals surface area contributed by atoms with E-state index in [9.17, 15) is 20.2 Å². The largest absolute Gasteiger partial charge is 0.448 e. The minimum atomic E-state index is -0.716. The van der Waals surface area contributed by atoms with Gasteiger partial charge >= 0.3 is 5.69 Å². The lowest BCUT2D eigenvalue weighted by atomic mass is 10.2. The molecule has 0 aliphatic rings. The Labute approximate surface area is 135 Å². The van der Waals surface area contributed by atoms with Gasteiger partial charge in [-0.05, 0) is 25.1 Å². The van der Waals surface area contributed by atoms with E-state index in [4.69, 9.17) is 4.74 Å². The number of rotatable bonds is 4. The second kappa shape index (κ2) is 5.92. The molecule has 0 radical (unpaired) electrons. The Balaban J connectivity index is 2.10. The lowest BCUT2D eigenvalue weighted by Gasteiger charge is -2.09. The molecule has 0 saturated heterocycles. The number of aryl methyl sites for hydroxylation is 1. The third kappa shape index (κ3) is 2.84. The number of ether oxygens (including phenoxy) is 1. The molecule has 0 atom stereocenters. The van der Waals surface area contributed by atoms with E-state index < -0.39 is 15.5 Å². The maximum Gasteiger partial charge on any atom is 0.318 e. The fourth-order valence-corrected chi connectivity index (χ4v) is 2.27. The van der Waals surface area contributed by atoms with Crippen LogP contribution in [0.15, 0.2) is 48.5 Å². The minimum absolute atomic E-state index is 0.0820. The maximum atomic E-state index is 11.2. The van der Waals surface area contributed by atoms with E-state index in [1.165, 1.54) is 6.07 Å². The first-order valence-electron chi connectivity index (χ1n) is 6.93. The van der Waals surface area contributed by atoms with Gasteiger partial charge < -0.3 is 4.74 Å². The zero-order chi connectivity index (χ0) is 17.3. The van der Waals surface area contributed by atoms with Crippen LogP contribution >= 0.6 is 0 Å². The minimum Gasteiger partial charge on any atom is -0.448 e. The number of nitro benzene ring substituents is 2. The Morgan fingerprint density at radius 1 is 0.958 bits per heavy atom. The number of aromatic nitrogens is 1. The molecule has 120 valence electrons. The molecule has 0 N–H and O–H groups in total. The van der Waals surface area contributed by atoms with Crippen LogP contribution in [0.4, 0.5) is 11.4 Å². The molecule has 0 amide bonds. The molecule has 8 heteroatoms. The number of pyridine rings is 1. The van der Waals surface area contributed by atoms with Crippen molar-refractivity contribution in [3.63, 3.8) is 0 Å². The molecule has 24 heavy (non-hydrogen) atoms. The molecule has 3 rings (SSSR count). The summed E-state index contributed by atoms with van der Waals surface area (Å²) in [4.78, 5) is 25.0. The predicted octanol–water partition coefficient (Wildman–Crippen LogP) is 4.15. The highest BCUT2D eigenvalue weighted by Crippen LogP contribution is 2.36. The zero-order valence-corrected chi connectivity index (χ0v) is 12.5. The first-order valence-corrected chi connectivity index (χ1v) is 6.93. The van der Waals surface area contributed by atoms with E-state index in [2.05, 4.69) is 4.98 Å². The van der Waals surface area contributed by atoms with Gasteiger partial charge in [0.1, 0.15) is 5.52 Å². The monoisotopic (exact) mass is 325 g/mol. The fourth-order valence-electron chi connectivity index (χ4n) is 2.27. The summed E-state index contributed by atoms with van der Waals surface area (Å²) in [5.74, 6) is 0.259. The highest BCUT2D eigenvalue weighted by molar-refractivity contribution is 5.85. The van der Waals surface area contributed by atoms with Crippen molar-refractivity contribution in [2.24, 2.45) is 0 Å². The summed E-state index contributed by atoms with van der Waals surface area (Å²) >= 11 is 0. The van der Waals surface area contributed by atoms with Gasteiger partial charge in [-0.3, -0.25) is 20.2 Å². The number of nitro groups is 2. The molecule has 0 spiro atoms. The number of nitrogens with zero attached hydrogens (tertiary/aromatic N) is 3. The normalized spacial score (nSPS) is 10.5. The number of para-hydroxylation sites is 1. The molecule has 1 aromatic heterocycles. The predicted molar refractivity (Wildman–Crippen MR) is 86.3 cm³/mol. The molecule has 3 aromatic rings. The van der Waals surface area contributed by atoms with Crippen LogP contribution in [0.3, 0.4) is 0 Å². The van der Waals surface area contributed by atoms with Crippen LogP contribution in [-0.4, -0.2) is 14.8 Å². The molecular weight excluding hydrogens is 314 g/mol. The summed E-state index contributed by atoms with van der Waals surface area (Å²) in [6.07, 6.45) is 0. The van der Waals surface area contributed by atoms with Gasteiger partial charge in [-0.1, -0.05) is 18.2 Å². The molecule has 2 aromatic carbocycles. The quantitative estimate of drug-likeness (QED) is 0.526. The summed E-state index contributed by atoms with van der Waals surface area (Å²) < 4.78 is 5.65. The average Bonchev–Trinajstić information content (AvgIpc) is 2.55. The van der Waals surface area contributed by atoms with Crippen molar-refractivity contribution in [1.82, 2.24) is 4.98 Å². The van der Waals surface area contributed by atoms with E-state index in [1.54, 1.807) is 12.1 Å². The van der Waals surface area contributed by atoms with Crippen LogP contribution in [0, 0.1) is 27.2 Å². The third-order valence-corrected chi connectivity index (χ3v) is 3.39. The Morgan fingerprint density at radius 2 is 1.75 bits per heavy atom. The van der Waals surface area contributed by atoms with Crippen LogP contribution in [0.1, 0.15) is 5.69 Å². The van der Waals surface area contributed by atoms with Crippen molar-refractivity contribution in [3.8, 4) is 11.5 Å². The lowest BCUT2D eigenvalue weighted by molar-refractivity contribution is -0.394. The molecule has 0 aliphatic carbocycles. The van der Waals surface area contributed by atoms with Crippen LogP contribution in [-0.2, 0) is 0 Å². The summed E-state index contributed by atoms with van der Waals surface area (Å²) in [5, 5.41) is 22.8. The average molecular weight is 325 g/mol. The van der Waals surface area contributed by atoms with Crippen molar-refractivity contribution >= 4 is 22.3 Å². The van der Waals surface area contributed by atoms with Gasteiger partial charge in [0.05, 0.1) is 15.9 Å². The van der Waals surface area contributed by atoms with Crippen molar-refractivity contribution in [3.05, 3.63) is 74.5 Å². The topological polar surface area (TPSA) is 108 Å². The number of benzene rings is 2. The first kappa shape index (κ1) is 15.3. The number of fused-ring (bicyclic) bond motifs is 1. The Kier molecular flexibility index (Phi) is 3.78. The van der Waals surface area contributed by atoms with Gasteiger partial charge in [-0.25, -0.2) is 4.98 Å². The SMILES string of the molecule is Cc1ccc2cccc(Oc3ccc([N+](=O)[O-])cc3[N+](=O)[O-])c2n1. The van der Waals surface area contributed by atoms with Crippen LogP contribution < -0.4 is 4.74 Å². The standard InChI is InChI=1S/C16H11N3O5/c1-10-5-6-11-3-2-4-15(16(11)17-10)24-14-8-7-12(18(20)21)9-13(14)19(22)23/h2-9H,1H3.